The molecule has 3 atom stereocenters. The third-order valence-corrected chi connectivity index (χ3v) is 4.22. The molecule has 4 heteroatoms. The fourth-order valence-electron chi connectivity index (χ4n) is 3.51. The van der Waals surface area contributed by atoms with E-state index in [1.807, 2.05) is 0 Å². The van der Waals surface area contributed by atoms with E-state index in [1.165, 1.54) is 19.3 Å². The van der Waals surface area contributed by atoms with E-state index in [-0.39, 0.29) is 11.6 Å². The van der Waals surface area contributed by atoms with Crippen molar-refractivity contribution in [3.8, 4) is 0 Å². The lowest BCUT2D eigenvalue weighted by atomic mass is 9.79. The first-order valence-corrected chi connectivity index (χ1v) is 7.05. The van der Waals surface area contributed by atoms with Gasteiger partial charge in [0.05, 0.1) is 6.04 Å². The minimum absolute atomic E-state index is 0.0796. The van der Waals surface area contributed by atoms with Crippen LogP contribution < -0.4 is 11.1 Å². The molecule has 3 unspecified atom stereocenters. The Morgan fingerprint density at radius 3 is 2.71 bits per heavy atom. The Hall–Kier alpha value is -0.190. The summed E-state index contributed by atoms with van der Waals surface area (Å²) >= 11 is 0. The van der Waals surface area contributed by atoms with Crippen LogP contribution in [-0.2, 0) is 0 Å². The Bertz CT molecular complexity index is 239. The van der Waals surface area contributed by atoms with Gasteiger partial charge in [-0.3, -0.25) is 4.90 Å². The van der Waals surface area contributed by atoms with Crippen LogP contribution in [0.1, 0.15) is 39.0 Å². The van der Waals surface area contributed by atoms with Crippen LogP contribution in [0.3, 0.4) is 0 Å². The quantitative estimate of drug-likeness (QED) is 0.784. The van der Waals surface area contributed by atoms with Gasteiger partial charge in [-0.15, -0.1) is 0 Å². The number of likely N-dealkylation sites (tertiary alicyclic amines) is 1. The monoisotopic (exact) mass is 243 g/mol. The van der Waals surface area contributed by atoms with E-state index in [9.17, 15) is 4.39 Å². The summed E-state index contributed by atoms with van der Waals surface area (Å²) in [5, 5.41) is 3.15. The van der Waals surface area contributed by atoms with Crippen molar-refractivity contribution in [1.29, 1.82) is 0 Å². The Morgan fingerprint density at radius 1 is 1.35 bits per heavy atom. The number of hydrogen-bond donors (Lipinski definition) is 2. The summed E-state index contributed by atoms with van der Waals surface area (Å²) in [5.41, 5.74) is 6.11. The molecule has 0 amide bonds. The maximum Gasteiger partial charge on any atom is 0.130 e. The van der Waals surface area contributed by atoms with Gasteiger partial charge in [0.25, 0.3) is 0 Å². The molecule has 2 rings (SSSR count). The molecule has 0 aliphatic carbocycles. The highest BCUT2D eigenvalue weighted by molar-refractivity contribution is 5.06. The number of rotatable bonds is 3. The molecule has 0 spiro atoms. The zero-order valence-corrected chi connectivity index (χ0v) is 10.9. The van der Waals surface area contributed by atoms with Crippen molar-refractivity contribution in [3.63, 3.8) is 0 Å². The van der Waals surface area contributed by atoms with Crippen molar-refractivity contribution in [1.82, 2.24) is 10.2 Å². The first-order chi connectivity index (χ1) is 8.17. The van der Waals surface area contributed by atoms with E-state index in [2.05, 4.69) is 17.1 Å². The second kappa shape index (κ2) is 5.63. The molecule has 3 nitrogen and oxygen atoms in total. The summed E-state index contributed by atoms with van der Waals surface area (Å²) in [7, 11) is 0. The lowest BCUT2D eigenvalue weighted by molar-refractivity contribution is 0.0120. The van der Waals surface area contributed by atoms with Crippen LogP contribution in [0.2, 0.25) is 0 Å². The maximum atomic E-state index is 14.3. The van der Waals surface area contributed by atoms with E-state index in [0.717, 1.165) is 32.5 Å². The molecule has 0 radical (unpaired) electrons. The van der Waals surface area contributed by atoms with Gasteiger partial charge in [-0.05, 0) is 32.4 Å². The predicted octanol–water partition coefficient (Wildman–Crippen LogP) is 1.28. The normalized spacial score (nSPS) is 40.4. The number of halogens is 1. The molecule has 0 aromatic heterocycles. The van der Waals surface area contributed by atoms with E-state index < -0.39 is 6.17 Å². The van der Waals surface area contributed by atoms with Gasteiger partial charge in [-0.1, -0.05) is 19.8 Å². The fourth-order valence-corrected chi connectivity index (χ4v) is 3.51. The molecule has 0 bridgehead atoms. The highest BCUT2D eigenvalue weighted by Crippen LogP contribution is 2.28. The van der Waals surface area contributed by atoms with Gasteiger partial charge in [0.1, 0.15) is 6.17 Å². The smallest absolute Gasteiger partial charge is 0.130 e. The molecule has 2 aliphatic heterocycles. The zero-order chi connectivity index (χ0) is 12.3. The second-order valence-corrected chi connectivity index (χ2v) is 5.67. The van der Waals surface area contributed by atoms with E-state index in [1.54, 1.807) is 0 Å². The molecule has 100 valence electrons. The van der Waals surface area contributed by atoms with Gasteiger partial charge < -0.3 is 11.1 Å². The summed E-state index contributed by atoms with van der Waals surface area (Å²) < 4.78 is 14.3. The van der Waals surface area contributed by atoms with Gasteiger partial charge >= 0.3 is 0 Å². The highest BCUT2D eigenvalue weighted by Gasteiger charge is 2.45. The Balaban J connectivity index is 2.11. The SMILES string of the molecule is CCCC1(N)CNCC(F)C1N1CCCCC1. The third kappa shape index (κ3) is 2.80. The van der Waals surface area contributed by atoms with Crippen LogP contribution >= 0.6 is 0 Å². The molecule has 0 aromatic carbocycles. The number of nitrogens with one attached hydrogen (secondary N) is 1. The van der Waals surface area contributed by atoms with Gasteiger partial charge in [-0.2, -0.15) is 0 Å². The first-order valence-electron chi connectivity index (χ1n) is 7.05. The lowest BCUT2D eigenvalue weighted by Crippen LogP contribution is -2.71. The minimum atomic E-state index is -0.821. The van der Waals surface area contributed by atoms with Crippen molar-refractivity contribution >= 4 is 0 Å². The molecule has 2 aliphatic rings. The average Bonchev–Trinajstić information content (AvgIpc) is 2.30. The largest absolute Gasteiger partial charge is 0.323 e. The third-order valence-electron chi connectivity index (χ3n) is 4.22. The number of piperidine rings is 2. The van der Waals surface area contributed by atoms with Gasteiger partial charge in [0, 0.05) is 18.6 Å². The molecule has 2 heterocycles. The Morgan fingerprint density at radius 2 is 2.06 bits per heavy atom. The van der Waals surface area contributed by atoms with Crippen molar-refractivity contribution in [2.24, 2.45) is 5.73 Å². The number of hydrogen-bond acceptors (Lipinski definition) is 3. The van der Waals surface area contributed by atoms with Crippen LogP contribution in [0, 0.1) is 0 Å². The topological polar surface area (TPSA) is 41.3 Å². The van der Waals surface area contributed by atoms with Crippen LogP contribution in [0.4, 0.5) is 4.39 Å². The molecule has 2 saturated heterocycles. The average molecular weight is 243 g/mol. The molecule has 0 aromatic rings. The van der Waals surface area contributed by atoms with Crippen molar-refractivity contribution in [3.05, 3.63) is 0 Å². The summed E-state index contributed by atoms with van der Waals surface area (Å²) in [6.45, 7) is 5.39. The second-order valence-electron chi connectivity index (χ2n) is 5.67. The summed E-state index contributed by atoms with van der Waals surface area (Å²) in [4.78, 5) is 2.31. The van der Waals surface area contributed by atoms with Crippen LogP contribution in [0.15, 0.2) is 0 Å². The van der Waals surface area contributed by atoms with Gasteiger partial charge in [-0.25, -0.2) is 4.39 Å². The van der Waals surface area contributed by atoms with E-state index in [4.69, 9.17) is 5.73 Å². The summed E-state index contributed by atoms with van der Waals surface area (Å²) in [5.74, 6) is 0. The number of nitrogens with zero attached hydrogens (tertiary/aromatic N) is 1. The van der Waals surface area contributed by atoms with Gasteiger partial charge in [0.15, 0.2) is 0 Å². The van der Waals surface area contributed by atoms with Crippen LogP contribution in [-0.4, -0.2) is 48.8 Å². The van der Waals surface area contributed by atoms with E-state index >= 15 is 0 Å². The van der Waals surface area contributed by atoms with Crippen molar-refractivity contribution < 1.29 is 4.39 Å². The van der Waals surface area contributed by atoms with E-state index in [0.29, 0.717) is 6.54 Å². The molecule has 3 N–H and O–H groups in total. The van der Waals surface area contributed by atoms with Crippen LogP contribution in [0.25, 0.3) is 0 Å². The minimum Gasteiger partial charge on any atom is -0.323 e. The Kier molecular flexibility index (Phi) is 4.39. The highest BCUT2D eigenvalue weighted by atomic mass is 19.1. The van der Waals surface area contributed by atoms with Crippen molar-refractivity contribution in [2.75, 3.05) is 26.2 Å². The molecular formula is C13H26FN3. The van der Waals surface area contributed by atoms with Crippen molar-refractivity contribution in [2.45, 2.75) is 56.8 Å². The summed E-state index contributed by atoms with van der Waals surface area (Å²) in [6.07, 6.45) is 4.77. The number of nitrogens with two attached hydrogens (primary N) is 1. The zero-order valence-electron chi connectivity index (χ0n) is 10.9. The molecule has 17 heavy (non-hydrogen) atoms. The maximum absolute atomic E-state index is 14.3. The molecular weight excluding hydrogens is 217 g/mol. The first kappa shape index (κ1) is 13.2. The summed E-state index contributed by atoms with van der Waals surface area (Å²) in [6, 6.07) is -0.0796. The molecule has 0 saturated carbocycles. The lowest BCUT2D eigenvalue weighted by Gasteiger charge is -2.49. The molecule has 2 fully saturated rings. The standard InChI is InChI=1S/C13H26FN3/c1-2-6-13(15)10-16-9-11(14)12(13)17-7-4-3-5-8-17/h11-12,16H,2-10,15H2,1H3. The number of alkyl halides is 1. The fraction of sp³-hybridized carbons (Fsp3) is 1.00. The Labute approximate surface area is 104 Å². The van der Waals surface area contributed by atoms with Gasteiger partial charge in [0.2, 0.25) is 0 Å². The predicted molar refractivity (Wildman–Crippen MR) is 68.8 cm³/mol. The van der Waals surface area contributed by atoms with Crippen LogP contribution in [0.5, 0.6) is 0 Å².